The fourth-order valence-corrected chi connectivity index (χ4v) is 2.54. The Labute approximate surface area is 130 Å². The van der Waals surface area contributed by atoms with Crippen LogP contribution in [0.1, 0.15) is 25.3 Å². The van der Waals surface area contributed by atoms with Gasteiger partial charge in [-0.25, -0.2) is 15.1 Å². The number of carbonyl (C=O) groups excluding carboxylic acids is 1. The molecule has 0 unspecified atom stereocenters. The first-order valence-corrected chi connectivity index (χ1v) is 7.53. The summed E-state index contributed by atoms with van der Waals surface area (Å²) in [5, 5.41) is 8.69. The van der Waals surface area contributed by atoms with Crippen molar-refractivity contribution in [1.29, 1.82) is 0 Å². The third-order valence-electron chi connectivity index (χ3n) is 3.94. The number of carboxylic acid groups (broad SMARTS) is 1. The minimum atomic E-state index is -1.11. The fourth-order valence-electron chi connectivity index (χ4n) is 2.54. The van der Waals surface area contributed by atoms with Crippen LogP contribution >= 0.6 is 0 Å². The SMILES string of the molecule is C[C@H](ONC(=O)N1CCC(Cc2ccccc2)CC1)C(=O)O. The molecule has 2 rings (SSSR count). The molecule has 1 aromatic rings. The highest BCUT2D eigenvalue weighted by Gasteiger charge is 2.24. The molecule has 1 fully saturated rings. The molecule has 2 amide bonds. The Morgan fingerprint density at radius 3 is 2.55 bits per heavy atom. The van der Waals surface area contributed by atoms with Crippen LogP contribution in [0.2, 0.25) is 0 Å². The van der Waals surface area contributed by atoms with Gasteiger partial charge < -0.3 is 10.0 Å². The van der Waals surface area contributed by atoms with E-state index < -0.39 is 12.1 Å². The van der Waals surface area contributed by atoms with Crippen LogP contribution < -0.4 is 5.48 Å². The molecule has 1 atom stereocenters. The molecule has 0 spiro atoms. The van der Waals surface area contributed by atoms with Gasteiger partial charge in [-0.05, 0) is 37.7 Å². The first-order chi connectivity index (χ1) is 10.6. The van der Waals surface area contributed by atoms with E-state index in [1.54, 1.807) is 4.90 Å². The number of piperidine rings is 1. The second-order valence-corrected chi connectivity index (χ2v) is 5.63. The molecule has 2 N–H and O–H groups in total. The van der Waals surface area contributed by atoms with Crippen LogP contribution in [0.5, 0.6) is 0 Å². The zero-order valence-electron chi connectivity index (χ0n) is 12.7. The average molecular weight is 306 g/mol. The summed E-state index contributed by atoms with van der Waals surface area (Å²) in [7, 11) is 0. The maximum Gasteiger partial charge on any atom is 0.341 e. The Bertz CT molecular complexity index is 498. The third-order valence-corrected chi connectivity index (χ3v) is 3.94. The Kier molecular flexibility index (Phi) is 5.77. The van der Waals surface area contributed by atoms with Gasteiger partial charge in [-0.1, -0.05) is 30.3 Å². The summed E-state index contributed by atoms with van der Waals surface area (Å²) in [6, 6.07) is 9.97. The molecule has 1 saturated heterocycles. The number of urea groups is 1. The number of aliphatic carboxylic acids is 1. The first-order valence-electron chi connectivity index (χ1n) is 7.53. The molecule has 0 radical (unpaired) electrons. The number of hydroxylamine groups is 1. The van der Waals surface area contributed by atoms with Gasteiger partial charge in [-0.3, -0.25) is 4.84 Å². The molecule has 1 aliphatic heterocycles. The zero-order chi connectivity index (χ0) is 15.9. The largest absolute Gasteiger partial charge is 0.479 e. The van der Waals surface area contributed by atoms with Gasteiger partial charge in [0.05, 0.1) is 0 Å². The van der Waals surface area contributed by atoms with Gasteiger partial charge in [0.2, 0.25) is 0 Å². The van der Waals surface area contributed by atoms with E-state index in [4.69, 9.17) is 9.94 Å². The van der Waals surface area contributed by atoms with E-state index in [0.29, 0.717) is 19.0 Å². The molecule has 0 bridgehead atoms. The first kappa shape index (κ1) is 16.3. The summed E-state index contributed by atoms with van der Waals surface area (Å²) >= 11 is 0. The molecule has 1 aliphatic rings. The normalized spacial score (nSPS) is 17.0. The van der Waals surface area contributed by atoms with E-state index in [-0.39, 0.29) is 6.03 Å². The number of nitrogens with zero attached hydrogens (tertiary/aromatic N) is 1. The number of hydrogen-bond donors (Lipinski definition) is 2. The van der Waals surface area contributed by atoms with Crippen LogP contribution in [0.25, 0.3) is 0 Å². The lowest BCUT2D eigenvalue weighted by molar-refractivity contribution is -0.152. The number of amides is 2. The van der Waals surface area contributed by atoms with Crippen LogP contribution in [0.15, 0.2) is 30.3 Å². The van der Waals surface area contributed by atoms with Crippen LogP contribution in [-0.4, -0.2) is 41.2 Å². The summed E-state index contributed by atoms with van der Waals surface area (Å²) in [6.45, 7) is 2.69. The number of benzene rings is 1. The van der Waals surface area contributed by atoms with Gasteiger partial charge >= 0.3 is 12.0 Å². The molecular weight excluding hydrogens is 284 g/mol. The number of hydrogen-bond acceptors (Lipinski definition) is 3. The van der Waals surface area contributed by atoms with Crippen LogP contribution in [0.3, 0.4) is 0 Å². The van der Waals surface area contributed by atoms with Crippen molar-refractivity contribution in [2.75, 3.05) is 13.1 Å². The van der Waals surface area contributed by atoms with Crippen molar-refractivity contribution in [3.05, 3.63) is 35.9 Å². The predicted molar refractivity (Wildman–Crippen MR) is 81.2 cm³/mol. The van der Waals surface area contributed by atoms with E-state index >= 15 is 0 Å². The molecule has 120 valence electrons. The Balaban J connectivity index is 1.72. The minimum Gasteiger partial charge on any atom is -0.479 e. The molecule has 0 saturated carbocycles. The average Bonchev–Trinajstić information content (AvgIpc) is 2.54. The molecule has 1 aromatic carbocycles. The van der Waals surface area contributed by atoms with E-state index in [9.17, 15) is 9.59 Å². The van der Waals surface area contributed by atoms with Crippen LogP contribution in [-0.2, 0) is 16.1 Å². The number of carbonyl (C=O) groups is 2. The monoisotopic (exact) mass is 306 g/mol. The highest BCUT2D eigenvalue weighted by Crippen LogP contribution is 2.21. The van der Waals surface area contributed by atoms with Crippen molar-refractivity contribution >= 4 is 12.0 Å². The Hall–Kier alpha value is -2.08. The Morgan fingerprint density at radius 1 is 1.32 bits per heavy atom. The van der Waals surface area contributed by atoms with E-state index in [1.807, 2.05) is 18.2 Å². The fraction of sp³-hybridized carbons (Fsp3) is 0.500. The number of nitrogens with one attached hydrogen (secondary N) is 1. The van der Waals surface area contributed by atoms with Gasteiger partial charge in [-0.2, -0.15) is 0 Å². The molecule has 6 heteroatoms. The summed E-state index contributed by atoms with van der Waals surface area (Å²) in [5.74, 6) is -0.535. The topological polar surface area (TPSA) is 78.9 Å². The van der Waals surface area contributed by atoms with Crippen molar-refractivity contribution in [1.82, 2.24) is 10.4 Å². The summed E-state index contributed by atoms with van der Waals surface area (Å²) in [5.41, 5.74) is 3.53. The maximum atomic E-state index is 11.9. The molecule has 22 heavy (non-hydrogen) atoms. The lowest BCUT2D eigenvalue weighted by Gasteiger charge is -2.32. The predicted octanol–water partition coefficient (Wildman–Crippen LogP) is 2.06. The highest BCUT2D eigenvalue weighted by atomic mass is 16.7. The second kappa shape index (κ2) is 7.79. The second-order valence-electron chi connectivity index (χ2n) is 5.63. The lowest BCUT2D eigenvalue weighted by atomic mass is 9.90. The quantitative estimate of drug-likeness (QED) is 0.816. The van der Waals surface area contributed by atoms with E-state index in [0.717, 1.165) is 19.3 Å². The van der Waals surface area contributed by atoms with Gasteiger partial charge in [-0.15, -0.1) is 0 Å². The van der Waals surface area contributed by atoms with Gasteiger partial charge in [0.1, 0.15) is 0 Å². The van der Waals surface area contributed by atoms with Gasteiger partial charge in [0, 0.05) is 13.1 Å². The van der Waals surface area contributed by atoms with Crippen molar-refractivity contribution in [3.8, 4) is 0 Å². The van der Waals surface area contributed by atoms with E-state index in [2.05, 4.69) is 17.6 Å². The molecule has 1 heterocycles. The van der Waals surface area contributed by atoms with Crippen LogP contribution in [0.4, 0.5) is 4.79 Å². The van der Waals surface area contributed by atoms with E-state index in [1.165, 1.54) is 12.5 Å². The van der Waals surface area contributed by atoms with Gasteiger partial charge in [0.15, 0.2) is 6.10 Å². The highest BCUT2D eigenvalue weighted by molar-refractivity contribution is 5.74. The van der Waals surface area contributed by atoms with Crippen LogP contribution in [0, 0.1) is 5.92 Å². The number of carboxylic acids is 1. The number of likely N-dealkylation sites (tertiary alicyclic amines) is 1. The molecule has 0 aliphatic carbocycles. The maximum absolute atomic E-state index is 11.9. The molecule has 0 aromatic heterocycles. The number of rotatable bonds is 5. The Morgan fingerprint density at radius 2 is 1.95 bits per heavy atom. The summed E-state index contributed by atoms with van der Waals surface area (Å²) in [4.78, 5) is 29.0. The zero-order valence-corrected chi connectivity index (χ0v) is 12.7. The lowest BCUT2D eigenvalue weighted by Crippen LogP contribution is -2.46. The van der Waals surface area contributed by atoms with Crippen molar-refractivity contribution in [3.63, 3.8) is 0 Å². The van der Waals surface area contributed by atoms with Crippen molar-refractivity contribution in [2.24, 2.45) is 5.92 Å². The van der Waals surface area contributed by atoms with Gasteiger partial charge in [0.25, 0.3) is 0 Å². The smallest absolute Gasteiger partial charge is 0.341 e. The third kappa shape index (κ3) is 4.73. The summed E-state index contributed by atoms with van der Waals surface area (Å²) in [6.07, 6.45) is 1.86. The minimum absolute atomic E-state index is 0.369. The standard InChI is InChI=1S/C16H22N2O4/c1-12(15(19)20)22-17-16(21)18-9-7-14(8-10-18)11-13-5-3-2-4-6-13/h2-6,12,14H,7-11H2,1H3,(H,17,21)(H,19,20)/t12-/m0/s1. The van der Waals surface area contributed by atoms with Crippen molar-refractivity contribution < 1.29 is 19.5 Å². The molecular formula is C16H22N2O4. The molecule has 6 nitrogen and oxygen atoms in total. The summed E-state index contributed by atoms with van der Waals surface area (Å²) < 4.78 is 0. The van der Waals surface area contributed by atoms with Crippen molar-refractivity contribution in [2.45, 2.75) is 32.3 Å².